The molecule has 2 heteroatoms. The van der Waals surface area contributed by atoms with E-state index in [1.54, 1.807) is 6.07 Å². The van der Waals surface area contributed by atoms with Crippen LogP contribution in [-0.2, 0) is 0 Å². The molecule has 1 aromatic carbocycles. The van der Waals surface area contributed by atoms with Crippen molar-refractivity contribution in [3.05, 3.63) is 40.7 Å². The third-order valence-electron chi connectivity index (χ3n) is 1.20. The van der Waals surface area contributed by atoms with Gasteiger partial charge in [0.25, 0.3) is 0 Å². The van der Waals surface area contributed by atoms with Crippen LogP contribution in [0.4, 0.5) is 0 Å². The summed E-state index contributed by atoms with van der Waals surface area (Å²) in [4.78, 5) is 0. The molecule has 0 aliphatic carbocycles. The van der Waals surface area contributed by atoms with Gasteiger partial charge in [-0.1, -0.05) is 12.1 Å². The minimum absolute atomic E-state index is 0.632. The zero-order valence-corrected chi connectivity index (χ0v) is 6.85. The van der Waals surface area contributed by atoms with Gasteiger partial charge in [-0.15, -0.1) is 0 Å². The van der Waals surface area contributed by atoms with E-state index in [0.717, 1.165) is 10.0 Å². The van der Waals surface area contributed by atoms with Gasteiger partial charge in [0.2, 0.25) is 0 Å². The van der Waals surface area contributed by atoms with Crippen LogP contribution in [0.3, 0.4) is 0 Å². The zero-order chi connectivity index (χ0) is 7.56. The Kier molecular flexibility index (Phi) is 2.08. The summed E-state index contributed by atoms with van der Waals surface area (Å²) >= 11 is 3.26. The van der Waals surface area contributed by atoms with Gasteiger partial charge < -0.3 is 0 Å². The molecule has 0 aromatic heterocycles. The highest BCUT2D eigenvalue weighted by Gasteiger charge is 1.98. The average Bonchev–Trinajstić information content (AvgIpc) is 1.95. The molecule has 0 aliphatic rings. The Labute approximate surface area is 68.4 Å². The highest BCUT2D eigenvalue weighted by molar-refractivity contribution is 9.10. The summed E-state index contributed by atoms with van der Waals surface area (Å²) in [5.41, 5.74) is 1.48. The van der Waals surface area contributed by atoms with E-state index in [4.69, 9.17) is 5.26 Å². The van der Waals surface area contributed by atoms with Crippen molar-refractivity contribution in [2.45, 2.75) is 0 Å². The third-order valence-corrected chi connectivity index (χ3v) is 2.14. The molecule has 0 bridgehead atoms. The summed E-state index contributed by atoms with van der Waals surface area (Å²) in [5, 5.41) is 8.54. The molecule has 1 nitrogen and oxygen atoms in total. The van der Waals surface area contributed by atoms with Crippen molar-refractivity contribution >= 4 is 15.9 Å². The summed E-state index contributed by atoms with van der Waals surface area (Å²) < 4.78 is 0.789. The second-order valence-electron chi connectivity index (χ2n) is 1.89. The number of nitriles is 1. The standard InChI is InChI=1S/C8H5BrN/c1-6-3-2-4-7(5-10)8(6)9/h2-4H,1H2. The topological polar surface area (TPSA) is 23.8 Å². The summed E-state index contributed by atoms with van der Waals surface area (Å²) in [7, 11) is 0. The number of halogens is 1. The molecular formula is C8H5BrN. The highest BCUT2D eigenvalue weighted by Crippen LogP contribution is 2.19. The summed E-state index contributed by atoms with van der Waals surface area (Å²) in [6, 6.07) is 7.46. The fourth-order valence-corrected chi connectivity index (χ4v) is 1.02. The maximum atomic E-state index is 8.54. The SMILES string of the molecule is [CH2]c1cccc(C#N)c1Br. The summed E-state index contributed by atoms with van der Waals surface area (Å²) in [6.07, 6.45) is 0. The predicted octanol–water partition coefficient (Wildman–Crippen LogP) is 2.50. The van der Waals surface area contributed by atoms with Crippen molar-refractivity contribution in [2.75, 3.05) is 0 Å². The Hall–Kier alpha value is -0.810. The maximum Gasteiger partial charge on any atom is 0.100 e. The van der Waals surface area contributed by atoms with Crippen LogP contribution >= 0.6 is 15.9 Å². The average molecular weight is 195 g/mol. The van der Waals surface area contributed by atoms with Crippen molar-refractivity contribution in [3.8, 4) is 6.07 Å². The molecule has 0 aliphatic heterocycles. The normalized spacial score (nSPS) is 8.90. The van der Waals surface area contributed by atoms with E-state index in [1.165, 1.54) is 0 Å². The molecule has 1 rings (SSSR count). The smallest absolute Gasteiger partial charge is 0.100 e. The van der Waals surface area contributed by atoms with Crippen molar-refractivity contribution in [3.63, 3.8) is 0 Å². The fourth-order valence-electron chi connectivity index (χ4n) is 0.666. The zero-order valence-electron chi connectivity index (χ0n) is 5.26. The molecule has 1 aromatic rings. The lowest BCUT2D eigenvalue weighted by Gasteiger charge is -1.96. The Morgan fingerprint density at radius 3 is 2.70 bits per heavy atom. The van der Waals surface area contributed by atoms with Gasteiger partial charge in [0, 0.05) is 4.47 Å². The first-order chi connectivity index (χ1) is 4.75. The summed E-state index contributed by atoms with van der Waals surface area (Å²) in [5.74, 6) is 0. The first-order valence-electron chi connectivity index (χ1n) is 2.76. The van der Waals surface area contributed by atoms with Gasteiger partial charge in [0.05, 0.1) is 5.56 Å². The number of hydrogen-bond acceptors (Lipinski definition) is 1. The lowest BCUT2D eigenvalue weighted by molar-refractivity contribution is 1.44. The van der Waals surface area contributed by atoms with Gasteiger partial charge in [0.1, 0.15) is 6.07 Å². The molecule has 10 heavy (non-hydrogen) atoms. The molecule has 0 atom stereocenters. The number of nitrogens with zero attached hydrogens (tertiary/aromatic N) is 1. The van der Waals surface area contributed by atoms with E-state index < -0.39 is 0 Å². The molecule has 0 fully saturated rings. The third kappa shape index (κ3) is 1.19. The molecule has 0 unspecified atom stereocenters. The predicted molar refractivity (Wildman–Crippen MR) is 43.3 cm³/mol. The minimum Gasteiger partial charge on any atom is -0.192 e. The first kappa shape index (κ1) is 7.30. The van der Waals surface area contributed by atoms with E-state index in [2.05, 4.69) is 22.9 Å². The number of benzene rings is 1. The van der Waals surface area contributed by atoms with Gasteiger partial charge in [-0.3, -0.25) is 0 Å². The molecule has 49 valence electrons. The van der Waals surface area contributed by atoms with Crippen LogP contribution in [0.5, 0.6) is 0 Å². The first-order valence-corrected chi connectivity index (χ1v) is 3.55. The molecule has 0 saturated heterocycles. The second kappa shape index (κ2) is 2.85. The Morgan fingerprint density at radius 2 is 2.20 bits per heavy atom. The van der Waals surface area contributed by atoms with Gasteiger partial charge in [-0.2, -0.15) is 5.26 Å². The van der Waals surface area contributed by atoms with Crippen LogP contribution in [-0.4, -0.2) is 0 Å². The lowest BCUT2D eigenvalue weighted by atomic mass is 10.2. The summed E-state index contributed by atoms with van der Waals surface area (Å²) in [6.45, 7) is 3.73. The van der Waals surface area contributed by atoms with Crippen LogP contribution in [0.1, 0.15) is 11.1 Å². The molecule has 0 N–H and O–H groups in total. The van der Waals surface area contributed by atoms with Gasteiger partial charge in [-0.05, 0) is 34.5 Å². The maximum absolute atomic E-state index is 8.54. The Bertz CT molecular complexity index is 286. The van der Waals surface area contributed by atoms with Crippen LogP contribution in [0, 0.1) is 18.3 Å². The molecule has 0 amide bonds. The van der Waals surface area contributed by atoms with Crippen LogP contribution in [0.25, 0.3) is 0 Å². The van der Waals surface area contributed by atoms with Crippen LogP contribution < -0.4 is 0 Å². The fraction of sp³-hybridized carbons (Fsp3) is 0. The number of rotatable bonds is 0. The quantitative estimate of drug-likeness (QED) is 0.623. The van der Waals surface area contributed by atoms with E-state index in [0.29, 0.717) is 5.56 Å². The highest BCUT2D eigenvalue weighted by atomic mass is 79.9. The van der Waals surface area contributed by atoms with Crippen molar-refractivity contribution in [1.82, 2.24) is 0 Å². The van der Waals surface area contributed by atoms with Gasteiger partial charge in [0.15, 0.2) is 0 Å². The van der Waals surface area contributed by atoms with E-state index in [1.807, 2.05) is 18.2 Å². The van der Waals surface area contributed by atoms with Crippen molar-refractivity contribution in [1.29, 1.82) is 5.26 Å². The molecule has 0 spiro atoms. The molecule has 1 radical (unpaired) electrons. The van der Waals surface area contributed by atoms with Gasteiger partial charge >= 0.3 is 0 Å². The largest absolute Gasteiger partial charge is 0.192 e. The van der Waals surface area contributed by atoms with E-state index >= 15 is 0 Å². The number of hydrogen-bond donors (Lipinski definition) is 0. The monoisotopic (exact) mass is 194 g/mol. The lowest BCUT2D eigenvalue weighted by Crippen LogP contribution is -1.79. The van der Waals surface area contributed by atoms with Crippen molar-refractivity contribution < 1.29 is 0 Å². The van der Waals surface area contributed by atoms with Crippen LogP contribution in [0.15, 0.2) is 22.7 Å². The van der Waals surface area contributed by atoms with Gasteiger partial charge in [-0.25, -0.2) is 0 Å². The Balaban J connectivity index is 3.31. The minimum atomic E-state index is 0.632. The second-order valence-corrected chi connectivity index (χ2v) is 2.68. The molecule has 0 saturated carbocycles. The Morgan fingerprint density at radius 1 is 1.50 bits per heavy atom. The van der Waals surface area contributed by atoms with Crippen LogP contribution in [0.2, 0.25) is 0 Å². The molecule has 0 heterocycles. The van der Waals surface area contributed by atoms with E-state index in [-0.39, 0.29) is 0 Å². The van der Waals surface area contributed by atoms with E-state index in [9.17, 15) is 0 Å². The van der Waals surface area contributed by atoms with Crippen molar-refractivity contribution in [2.24, 2.45) is 0 Å². The molecular weight excluding hydrogens is 190 g/mol.